The van der Waals surface area contributed by atoms with E-state index in [-0.39, 0.29) is 36.3 Å². The topological polar surface area (TPSA) is 71.4 Å². The van der Waals surface area contributed by atoms with Gasteiger partial charge in [-0.3, -0.25) is 14.4 Å². The first-order chi connectivity index (χ1) is 13.5. The van der Waals surface area contributed by atoms with Crippen molar-refractivity contribution in [3.63, 3.8) is 0 Å². The minimum atomic E-state index is -0.209. The Balaban J connectivity index is 1.60. The van der Waals surface area contributed by atoms with Gasteiger partial charge in [-0.2, -0.15) is 0 Å². The molecule has 2 aromatic rings. The number of benzene rings is 2. The maximum atomic E-state index is 12.7. The van der Waals surface area contributed by atoms with Crippen LogP contribution in [0.2, 0.25) is 0 Å². The zero-order chi connectivity index (χ0) is 20.1. The van der Waals surface area contributed by atoms with E-state index in [0.717, 1.165) is 5.56 Å². The maximum absolute atomic E-state index is 12.7. The average molecular weight is 376 g/mol. The zero-order valence-corrected chi connectivity index (χ0v) is 16.0. The first-order valence-electron chi connectivity index (χ1n) is 9.58. The number of hydrogen-bond donors (Lipinski definition) is 1. The van der Waals surface area contributed by atoms with Crippen LogP contribution in [0.5, 0.6) is 0 Å². The normalized spacial score (nSPS) is 14.8. The van der Waals surface area contributed by atoms with Gasteiger partial charge in [0.1, 0.15) is 5.78 Å². The Labute approximate surface area is 164 Å². The number of Topliss-reactive ketones (excluding diaryl/α,β-unsaturated/α-hetero) is 3. The van der Waals surface area contributed by atoms with Crippen LogP contribution in [0.4, 0.5) is 0 Å². The first-order valence-corrected chi connectivity index (χ1v) is 9.58. The molecule has 0 saturated heterocycles. The van der Waals surface area contributed by atoms with Gasteiger partial charge in [-0.05, 0) is 25.3 Å². The molecule has 144 valence electrons. The van der Waals surface area contributed by atoms with Crippen molar-refractivity contribution >= 4 is 17.3 Å². The number of aliphatic hydroxyl groups is 1. The van der Waals surface area contributed by atoms with Crippen LogP contribution in [0.3, 0.4) is 0 Å². The van der Waals surface area contributed by atoms with Gasteiger partial charge >= 0.3 is 0 Å². The number of aliphatic hydroxyl groups excluding tert-OH is 1. The van der Waals surface area contributed by atoms with Crippen molar-refractivity contribution < 1.29 is 19.5 Å². The summed E-state index contributed by atoms with van der Waals surface area (Å²) in [5, 5.41) is 9.61. The number of ketones is 3. The molecule has 0 saturated carbocycles. The zero-order valence-electron chi connectivity index (χ0n) is 16.0. The van der Waals surface area contributed by atoms with Crippen molar-refractivity contribution in [2.75, 3.05) is 6.61 Å². The Morgan fingerprint density at radius 1 is 0.929 bits per heavy atom. The number of fused-ring (bicyclic) bond motifs is 1. The van der Waals surface area contributed by atoms with E-state index in [4.69, 9.17) is 0 Å². The largest absolute Gasteiger partial charge is 0.396 e. The highest BCUT2D eigenvalue weighted by molar-refractivity contribution is 6.26. The molecule has 3 rings (SSSR count). The summed E-state index contributed by atoms with van der Waals surface area (Å²) in [6.45, 7) is 1.61. The predicted octanol–water partition coefficient (Wildman–Crippen LogP) is 4.29. The van der Waals surface area contributed by atoms with Crippen LogP contribution in [0, 0.1) is 0 Å². The highest BCUT2D eigenvalue weighted by Crippen LogP contribution is 2.29. The lowest BCUT2D eigenvalue weighted by Crippen LogP contribution is -2.21. The minimum Gasteiger partial charge on any atom is -0.396 e. The Bertz CT molecular complexity index is 925. The van der Waals surface area contributed by atoms with Gasteiger partial charge in [0.15, 0.2) is 11.6 Å². The summed E-state index contributed by atoms with van der Waals surface area (Å²) in [5.41, 5.74) is 2.84. The summed E-state index contributed by atoms with van der Waals surface area (Å²) in [6.07, 6.45) is 1.52. The minimum absolute atomic E-state index is 0.0520. The lowest BCUT2D eigenvalue weighted by Gasteiger charge is -2.19. The Hall–Kier alpha value is -2.85. The van der Waals surface area contributed by atoms with Crippen LogP contribution < -0.4 is 0 Å². The molecular formula is C24H24O4. The summed E-state index contributed by atoms with van der Waals surface area (Å²) in [7, 11) is 0. The van der Waals surface area contributed by atoms with E-state index in [1.807, 2.05) is 30.3 Å². The molecule has 0 amide bonds. The molecule has 1 N–H and O–H groups in total. The molecule has 0 heterocycles. The molecule has 0 aromatic heterocycles. The van der Waals surface area contributed by atoms with Crippen LogP contribution in [0.15, 0.2) is 65.7 Å². The molecule has 0 radical (unpaired) electrons. The molecule has 2 aromatic carbocycles. The molecule has 0 fully saturated rings. The fourth-order valence-corrected chi connectivity index (χ4v) is 3.70. The first kappa shape index (κ1) is 19.9. The van der Waals surface area contributed by atoms with Crippen molar-refractivity contribution in [3.8, 4) is 0 Å². The number of rotatable bonds is 8. The fraction of sp³-hybridized carbons (Fsp3) is 0.292. The Morgan fingerprint density at radius 3 is 2.18 bits per heavy atom. The van der Waals surface area contributed by atoms with Crippen molar-refractivity contribution in [1.82, 2.24) is 0 Å². The van der Waals surface area contributed by atoms with Crippen LogP contribution in [-0.4, -0.2) is 29.1 Å². The third-order valence-corrected chi connectivity index (χ3v) is 5.33. The van der Waals surface area contributed by atoms with Crippen LogP contribution >= 0.6 is 0 Å². The van der Waals surface area contributed by atoms with Gasteiger partial charge in [-0.15, -0.1) is 0 Å². The standard InChI is InChI=1S/C24H24O4/c1-16-20(24(28)22-12-6-5-11-21(22)23(16)27)13-7-10-19(26)14-18(15-25)17-8-3-2-4-9-17/h2-6,8-9,11-12,18,25H,7,10,13-15H2,1H3/t18-/m1/s1. The average Bonchev–Trinajstić information content (AvgIpc) is 2.73. The number of hydrogen-bond acceptors (Lipinski definition) is 4. The van der Waals surface area contributed by atoms with Crippen LogP contribution in [0.1, 0.15) is 64.8 Å². The second-order valence-corrected chi connectivity index (χ2v) is 7.19. The van der Waals surface area contributed by atoms with Crippen molar-refractivity contribution in [1.29, 1.82) is 0 Å². The molecular weight excluding hydrogens is 352 g/mol. The quantitative estimate of drug-likeness (QED) is 0.746. The highest BCUT2D eigenvalue weighted by atomic mass is 16.3. The highest BCUT2D eigenvalue weighted by Gasteiger charge is 2.29. The molecule has 0 unspecified atom stereocenters. The maximum Gasteiger partial charge on any atom is 0.190 e. The van der Waals surface area contributed by atoms with Crippen LogP contribution in [-0.2, 0) is 4.79 Å². The number of allylic oxidation sites excluding steroid dienone is 2. The van der Waals surface area contributed by atoms with E-state index in [1.54, 1.807) is 31.2 Å². The molecule has 28 heavy (non-hydrogen) atoms. The summed E-state index contributed by atoms with van der Waals surface area (Å²) >= 11 is 0. The fourth-order valence-electron chi connectivity index (χ4n) is 3.70. The Morgan fingerprint density at radius 2 is 1.54 bits per heavy atom. The van der Waals surface area contributed by atoms with E-state index >= 15 is 0 Å². The molecule has 4 heteroatoms. The lowest BCUT2D eigenvalue weighted by atomic mass is 9.82. The second-order valence-electron chi connectivity index (χ2n) is 7.19. The number of carbonyl (C=O) groups excluding carboxylic acids is 3. The molecule has 1 aliphatic rings. The summed E-state index contributed by atoms with van der Waals surface area (Å²) < 4.78 is 0. The molecule has 1 atom stereocenters. The van der Waals surface area contributed by atoms with Gasteiger partial charge in [0.2, 0.25) is 0 Å². The number of carbonyl (C=O) groups is 3. The van der Waals surface area contributed by atoms with Crippen LogP contribution in [0.25, 0.3) is 0 Å². The van der Waals surface area contributed by atoms with E-state index in [2.05, 4.69) is 0 Å². The monoisotopic (exact) mass is 376 g/mol. The van der Waals surface area contributed by atoms with E-state index < -0.39 is 0 Å². The van der Waals surface area contributed by atoms with E-state index in [1.165, 1.54) is 0 Å². The third kappa shape index (κ3) is 4.18. The van der Waals surface area contributed by atoms with E-state index in [9.17, 15) is 19.5 Å². The van der Waals surface area contributed by atoms with Gasteiger partial charge < -0.3 is 5.11 Å². The van der Waals surface area contributed by atoms with Gasteiger partial charge in [0.05, 0.1) is 6.61 Å². The van der Waals surface area contributed by atoms with Crippen molar-refractivity contribution in [3.05, 3.63) is 82.4 Å². The van der Waals surface area contributed by atoms with Crippen molar-refractivity contribution in [2.24, 2.45) is 0 Å². The molecule has 0 spiro atoms. The molecule has 1 aliphatic carbocycles. The SMILES string of the molecule is CC1=C(CCCC(=O)C[C@H](CO)c2ccccc2)C(=O)c2ccccc2C1=O. The summed E-state index contributed by atoms with van der Waals surface area (Å²) in [5.74, 6) is -0.380. The van der Waals surface area contributed by atoms with Gasteiger partial charge in [-0.25, -0.2) is 0 Å². The predicted molar refractivity (Wildman–Crippen MR) is 108 cm³/mol. The smallest absolute Gasteiger partial charge is 0.190 e. The molecule has 0 bridgehead atoms. The molecule has 4 nitrogen and oxygen atoms in total. The van der Waals surface area contributed by atoms with Gasteiger partial charge in [-0.1, -0.05) is 54.6 Å². The summed E-state index contributed by atoms with van der Waals surface area (Å²) in [6, 6.07) is 16.4. The van der Waals surface area contributed by atoms with E-state index in [0.29, 0.717) is 41.5 Å². The van der Waals surface area contributed by atoms with Crippen molar-refractivity contribution in [2.45, 2.75) is 38.5 Å². The second kappa shape index (κ2) is 8.89. The Kier molecular flexibility index (Phi) is 6.32. The van der Waals surface area contributed by atoms with Gasteiger partial charge in [0, 0.05) is 41.0 Å². The lowest BCUT2D eigenvalue weighted by molar-refractivity contribution is -0.119. The third-order valence-electron chi connectivity index (χ3n) is 5.33. The van der Waals surface area contributed by atoms with Gasteiger partial charge in [0.25, 0.3) is 0 Å². The molecule has 0 aliphatic heterocycles. The summed E-state index contributed by atoms with van der Waals surface area (Å²) in [4.78, 5) is 37.6.